The molecule has 1 fully saturated rings. The van der Waals surface area contributed by atoms with Crippen molar-refractivity contribution in [1.82, 2.24) is 0 Å². The molecule has 1 heterocycles. The minimum Gasteiger partial charge on any atom is -0.456 e. The molecule has 1 aliphatic rings. The largest absolute Gasteiger partial charge is 0.456 e. The van der Waals surface area contributed by atoms with Gasteiger partial charge in [0.05, 0.1) is 21.9 Å². The van der Waals surface area contributed by atoms with Gasteiger partial charge in [-0.15, -0.1) is 0 Å². The monoisotopic (exact) mass is 318 g/mol. The van der Waals surface area contributed by atoms with E-state index in [1.165, 1.54) is 0 Å². The van der Waals surface area contributed by atoms with Crippen LogP contribution in [0.1, 0.15) is 10.4 Å². The quantitative estimate of drug-likeness (QED) is 0.611. The zero-order valence-corrected chi connectivity index (χ0v) is 11.3. The maximum atomic E-state index is 11.7. The van der Waals surface area contributed by atoms with E-state index in [0.29, 0.717) is 5.56 Å². The minimum atomic E-state index is -3.10. The third-order valence-corrected chi connectivity index (χ3v) is 5.55. The average molecular weight is 319 g/mol. The van der Waals surface area contributed by atoms with Gasteiger partial charge < -0.3 is 4.74 Å². The van der Waals surface area contributed by atoms with Crippen molar-refractivity contribution < 1.29 is 17.9 Å². The molecule has 92 valence electrons. The number of hydrogen-bond donors (Lipinski definition) is 0. The Labute approximate surface area is 108 Å². The molecule has 0 spiro atoms. The number of hydrogen-bond acceptors (Lipinski definition) is 4. The van der Waals surface area contributed by atoms with Gasteiger partial charge in [0.1, 0.15) is 6.10 Å². The highest BCUT2D eigenvalue weighted by atomic mass is 79.9. The fourth-order valence-electron chi connectivity index (χ4n) is 1.66. The zero-order valence-electron chi connectivity index (χ0n) is 8.87. The van der Waals surface area contributed by atoms with Crippen LogP contribution in [-0.4, -0.2) is 36.8 Å². The molecular weight excluding hydrogens is 308 g/mol. The van der Waals surface area contributed by atoms with Crippen molar-refractivity contribution in [2.75, 3.05) is 11.5 Å². The van der Waals surface area contributed by atoms with Gasteiger partial charge >= 0.3 is 5.97 Å². The van der Waals surface area contributed by atoms with Gasteiger partial charge in [-0.2, -0.15) is 0 Å². The first-order valence-electron chi connectivity index (χ1n) is 5.08. The molecule has 6 heteroatoms. The van der Waals surface area contributed by atoms with Crippen LogP contribution < -0.4 is 0 Å². The maximum Gasteiger partial charge on any atom is 0.338 e. The van der Waals surface area contributed by atoms with E-state index in [1.54, 1.807) is 30.3 Å². The molecule has 0 aliphatic carbocycles. The SMILES string of the molecule is O=C(O[C@H]1CS(=O)(=O)C[C@@H]1Br)c1ccccc1. The molecule has 2 rings (SSSR count). The summed E-state index contributed by atoms with van der Waals surface area (Å²) >= 11 is 3.22. The van der Waals surface area contributed by atoms with Crippen LogP contribution >= 0.6 is 15.9 Å². The topological polar surface area (TPSA) is 60.4 Å². The lowest BCUT2D eigenvalue weighted by atomic mass is 10.2. The van der Waals surface area contributed by atoms with Gasteiger partial charge in [-0.1, -0.05) is 34.1 Å². The lowest BCUT2D eigenvalue weighted by Gasteiger charge is -2.13. The van der Waals surface area contributed by atoms with Crippen LogP contribution in [0, 0.1) is 0 Å². The molecule has 2 atom stereocenters. The lowest BCUT2D eigenvalue weighted by Crippen LogP contribution is -2.25. The number of benzene rings is 1. The number of esters is 1. The standard InChI is InChI=1S/C11H11BrO4S/c12-9-6-17(14,15)7-10(9)16-11(13)8-4-2-1-3-5-8/h1-5,9-10H,6-7H2/t9-,10-/m0/s1. The van der Waals surface area contributed by atoms with E-state index in [4.69, 9.17) is 4.74 Å². The summed E-state index contributed by atoms with van der Waals surface area (Å²) < 4.78 is 27.9. The van der Waals surface area contributed by atoms with E-state index in [0.717, 1.165) is 0 Å². The van der Waals surface area contributed by atoms with Crippen LogP contribution in [0.3, 0.4) is 0 Å². The Balaban J connectivity index is 2.06. The van der Waals surface area contributed by atoms with Gasteiger partial charge in [-0.3, -0.25) is 0 Å². The summed E-state index contributed by atoms with van der Waals surface area (Å²) in [7, 11) is -3.10. The van der Waals surface area contributed by atoms with E-state index >= 15 is 0 Å². The molecule has 0 bridgehead atoms. The van der Waals surface area contributed by atoms with Gasteiger partial charge in [-0.05, 0) is 12.1 Å². The normalized spacial score (nSPS) is 26.6. The van der Waals surface area contributed by atoms with E-state index < -0.39 is 21.9 Å². The van der Waals surface area contributed by atoms with Crippen LogP contribution in [0.15, 0.2) is 30.3 Å². The molecule has 0 unspecified atom stereocenters. The third kappa shape index (κ3) is 3.07. The molecule has 1 saturated heterocycles. The van der Waals surface area contributed by atoms with E-state index in [1.807, 2.05) is 0 Å². The number of alkyl halides is 1. The summed E-state index contributed by atoms with van der Waals surface area (Å²) in [5.41, 5.74) is 0.427. The first-order chi connectivity index (χ1) is 7.98. The van der Waals surface area contributed by atoms with Gasteiger partial charge in [0.25, 0.3) is 0 Å². The lowest BCUT2D eigenvalue weighted by molar-refractivity contribution is 0.0369. The highest BCUT2D eigenvalue weighted by molar-refractivity contribution is 9.09. The Morgan fingerprint density at radius 1 is 1.24 bits per heavy atom. The summed E-state index contributed by atoms with van der Waals surface area (Å²) in [6, 6.07) is 8.52. The molecule has 0 radical (unpaired) electrons. The molecular formula is C11H11BrO4S. The molecule has 0 saturated carbocycles. The van der Waals surface area contributed by atoms with Crippen LogP contribution in [0.5, 0.6) is 0 Å². The Hall–Kier alpha value is -0.880. The van der Waals surface area contributed by atoms with Gasteiger partial charge in [0, 0.05) is 0 Å². The number of rotatable bonds is 2. The Morgan fingerprint density at radius 3 is 2.41 bits per heavy atom. The van der Waals surface area contributed by atoms with Crippen LogP contribution in [0.25, 0.3) is 0 Å². The van der Waals surface area contributed by atoms with Crippen molar-refractivity contribution in [3.05, 3.63) is 35.9 Å². The van der Waals surface area contributed by atoms with E-state index in [-0.39, 0.29) is 16.3 Å². The Kier molecular flexibility index (Phi) is 3.53. The second kappa shape index (κ2) is 4.78. The Morgan fingerprint density at radius 2 is 1.88 bits per heavy atom. The summed E-state index contributed by atoms with van der Waals surface area (Å²) in [6.45, 7) is 0. The summed E-state index contributed by atoms with van der Waals surface area (Å²) in [6.07, 6.45) is -0.604. The van der Waals surface area contributed by atoms with Crippen molar-refractivity contribution >= 4 is 31.7 Å². The van der Waals surface area contributed by atoms with Crippen LogP contribution in [0.4, 0.5) is 0 Å². The second-order valence-electron chi connectivity index (χ2n) is 3.90. The Bertz CT molecular complexity index is 512. The number of ether oxygens (including phenoxy) is 1. The van der Waals surface area contributed by atoms with Crippen molar-refractivity contribution in [3.63, 3.8) is 0 Å². The molecule has 1 aromatic rings. The predicted molar refractivity (Wildman–Crippen MR) is 67.0 cm³/mol. The fourth-order valence-corrected chi connectivity index (χ4v) is 5.05. The van der Waals surface area contributed by atoms with Crippen molar-refractivity contribution in [2.45, 2.75) is 10.9 Å². The van der Waals surface area contributed by atoms with Gasteiger partial charge in [0.15, 0.2) is 9.84 Å². The third-order valence-electron chi connectivity index (χ3n) is 2.50. The molecule has 1 aromatic carbocycles. The summed E-state index contributed by atoms with van der Waals surface area (Å²) in [5.74, 6) is -0.585. The number of sulfone groups is 1. The van der Waals surface area contributed by atoms with Crippen LogP contribution in [0.2, 0.25) is 0 Å². The molecule has 4 nitrogen and oxygen atoms in total. The summed E-state index contributed by atoms with van der Waals surface area (Å²) in [4.78, 5) is 11.4. The first-order valence-corrected chi connectivity index (χ1v) is 7.82. The highest BCUT2D eigenvalue weighted by Crippen LogP contribution is 2.23. The van der Waals surface area contributed by atoms with Gasteiger partial charge in [-0.25, -0.2) is 13.2 Å². The van der Waals surface area contributed by atoms with Crippen molar-refractivity contribution in [3.8, 4) is 0 Å². The van der Waals surface area contributed by atoms with E-state index in [2.05, 4.69) is 15.9 Å². The zero-order chi connectivity index (χ0) is 12.5. The smallest absolute Gasteiger partial charge is 0.338 e. The molecule has 0 N–H and O–H groups in total. The second-order valence-corrected chi connectivity index (χ2v) is 7.23. The number of carbonyl (C=O) groups is 1. The van der Waals surface area contributed by atoms with Gasteiger partial charge in [0.2, 0.25) is 0 Å². The molecule has 0 aromatic heterocycles. The highest BCUT2D eigenvalue weighted by Gasteiger charge is 2.38. The maximum absolute atomic E-state index is 11.7. The first kappa shape index (κ1) is 12.6. The number of carbonyl (C=O) groups excluding carboxylic acids is 1. The van der Waals surface area contributed by atoms with Crippen molar-refractivity contribution in [1.29, 1.82) is 0 Å². The fraction of sp³-hybridized carbons (Fsp3) is 0.364. The minimum absolute atomic E-state index is 0.0136. The van der Waals surface area contributed by atoms with E-state index in [9.17, 15) is 13.2 Å². The predicted octanol–water partition coefficient (Wildman–Crippen LogP) is 1.40. The molecule has 1 aliphatic heterocycles. The number of halogens is 1. The van der Waals surface area contributed by atoms with Crippen molar-refractivity contribution in [2.24, 2.45) is 0 Å². The van der Waals surface area contributed by atoms with Crippen LogP contribution in [-0.2, 0) is 14.6 Å². The average Bonchev–Trinajstić information content (AvgIpc) is 2.53. The summed E-state index contributed by atoms with van der Waals surface area (Å²) in [5, 5.41) is 0. The molecule has 0 amide bonds. The molecule has 17 heavy (non-hydrogen) atoms.